The number of hydrogen-bond donors (Lipinski definition) is 3. The van der Waals surface area contributed by atoms with Crippen molar-refractivity contribution in [1.29, 1.82) is 0 Å². The highest BCUT2D eigenvalue weighted by molar-refractivity contribution is 7.89. The molecule has 7 heteroatoms. The number of hydrogen-bond acceptors (Lipinski definition) is 4. The lowest BCUT2D eigenvalue weighted by Crippen LogP contribution is -2.23. The lowest BCUT2D eigenvalue weighted by atomic mass is 10.1. The standard InChI is InChI=1S/C13H20N2O4S/c1-3-14-20(18,19)12-7-5-11(6-8-12)15-10(2)4-9-13(16)17/h5-8,10,14-15H,3-4,9H2,1-2H3,(H,16,17). The van der Waals surface area contributed by atoms with E-state index in [-0.39, 0.29) is 17.4 Å². The van der Waals surface area contributed by atoms with Crippen LogP contribution in [0.2, 0.25) is 0 Å². The molecule has 1 aromatic carbocycles. The Morgan fingerprint density at radius 1 is 1.30 bits per heavy atom. The highest BCUT2D eigenvalue weighted by Gasteiger charge is 2.12. The van der Waals surface area contributed by atoms with Crippen LogP contribution in [0.5, 0.6) is 0 Å². The van der Waals surface area contributed by atoms with Crippen molar-refractivity contribution in [2.45, 2.75) is 37.6 Å². The fraction of sp³-hybridized carbons (Fsp3) is 0.462. The minimum absolute atomic E-state index is 0.00215. The topological polar surface area (TPSA) is 95.5 Å². The van der Waals surface area contributed by atoms with Gasteiger partial charge in [0.15, 0.2) is 0 Å². The predicted molar refractivity (Wildman–Crippen MR) is 77.3 cm³/mol. The summed E-state index contributed by atoms with van der Waals surface area (Å²) in [7, 11) is -3.43. The van der Waals surface area contributed by atoms with Gasteiger partial charge in [0.1, 0.15) is 0 Å². The number of aliphatic carboxylic acids is 1. The molecule has 0 heterocycles. The van der Waals surface area contributed by atoms with Crippen molar-refractivity contribution >= 4 is 21.7 Å². The summed E-state index contributed by atoms with van der Waals surface area (Å²) in [6, 6.07) is 6.37. The van der Waals surface area contributed by atoms with Gasteiger partial charge < -0.3 is 10.4 Å². The Balaban J connectivity index is 2.65. The van der Waals surface area contributed by atoms with Crippen molar-refractivity contribution in [2.24, 2.45) is 0 Å². The van der Waals surface area contributed by atoms with Gasteiger partial charge in [0, 0.05) is 24.7 Å². The Morgan fingerprint density at radius 2 is 1.90 bits per heavy atom. The maximum atomic E-state index is 11.7. The first-order valence-corrected chi connectivity index (χ1v) is 7.91. The molecule has 6 nitrogen and oxygen atoms in total. The molecule has 0 radical (unpaired) electrons. The Bertz CT molecular complexity index is 540. The third kappa shape index (κ3) is 5.18. The van der Waals surface area contributed by atoms with Gasteiger partial charge in [-0.15, -0.1) is 0 Å². The fourth-order valence-electron chi connectivity index (χ4n) is 1.70. The Labute approximate surface area is 119 Å². The van der Waals surface area contributed by atoms with Gasteiger partial charge >= 0.3 is 5.97 Å². The summed E-state index contributed by atoms with van der Waals surface area (Å²) >= 11 is 0. The second-order valence-corrected chi connectivity index (χ2v) is 6.27. The van der Waals surface area contributed by atoms with Gasteiger partial charge in [0.25, 0.3) is 0 Å². The van der Waals surface area contributed by atoms with E-state index >= 15 is 0 Å². The monoisotopic (exact) mass is 300 g/mol. The highest BCUT2D eigenvalue weighted by atomic mass is 32.2. The van der Waals surface area contributed by atoms with E-state index in [1.165, 1.54) is 12.1 Å². The van der Waals surface area contributed by atoms with Gasteiger partial charge in [-0.3, -0.25) is 4.79 Å². The minimum Gasteiger partial charge on any atom is -0.481 e. The van der Waals surface area contributed by atoms with E-state index in [2.05, 4.69) is 10.0 Å². The van der Waals surface area contributed by atoms with Gasteiger partial charge in [0.05, 0.1) is 4.90 Å². The minimum atomic E-state index is -3.43. The molecule has 0 saturated carbocycles. The summed E-state index contributed by atoms with van der Waals surface area (Å²) in [6.07, 6.45) is 0.605. The lowest BCUT2D eigenvalue weighted by Gasteiger charge is -2.14. The third-order valence-corrected chi connectivity index (χ3v) is 4.26. The number of sulfonamides is 1. The zero-order valence-electron chi connectivity index (χ0n) is 11.6. The maximum Gasteiger partial charge on any atom is 0.303 e. The summed E-state index contributed by atoms with van der Waals surface area (Å²) in [5.74, 6) is -0.828. The first-order valence-electron chi connectivity index (χ1n) is 6.43. The SMILES string of the molecule is CCNS(=O)(=O)c1ccc(NC(C)CCC(=O)O)cc1. The molecule has 0 aliphatic rings. The molecule has 0 bridgehead atoms. The number of benzene rings is 1. The van der Waals surface area contributed by atoms with Crippen LogP contribution in [0.3, 0.4) is 0 Å². The molecule has 3 N–H and O–H groups in total. The van der Waals surface area contributed by atoms with E-state index in [0.717, 1.165) is 5.69 Å². The van der Waals surface area contributed by atoms with E-state index in [0.29, 0.717) is 13.0 Å². The predicted octanol–water partition coefficient (Wildman–Crippen LogP) is 1.65. The van der Waals surface area contributed by atoms with Crippen LogP contribution in [-0.4, -0.2) is 32.1 Å². The number of carboxylic acids is 1. The van der Waals surface area contributed by atoms with Crippen LogP contribution in [0, 0.1) is 0 Å². The van der Waals surface area contributed by atoms with Crippen LogP contribution in [-0.2, 0) is 14.8 Å². The Kier molecular flexibility index (Phi) is 5.97. The Hall–Kier alpha value is -1.60. The van der Waals surface area contributed by atoms with E-state index in [1.54, 1.807) is 19.1 Å². The van der Waals surface area contributed by atoms with E-state index < -0.39 is 16.0 Å². The van der Waals surface area contributed by atoms with Crippen LogP contribution >= 0.6 is 0 Å². The fourth-order valence-corrected chi connectivity index (χ4v) is 2.74. The molecule has 0 aromatic heterocycles. The summed E-state index contributed by atoms with van der Waals surface area (Å²) < 4.78 is 25.9. The average Bonchev–Trinajstić information content (AvgIpc) is 2.37. The molecular weight excluding hydrogens is 280 g/mol. The zero-order valence-corrected chi connectivity index (χ0v) is 12.4. The van der Waals surface area contributed by atoms with E-state index in [4.69, 9.17) is 5.11 Å². The Morgan fingerprint density at radius 3 is 2.40 bits per heavy atom. The summed E-state index contributed by atoms with van der Waals surface area (Å²) in [5.41, 5.74) is 0.762. The maximum absolute atomic E-state index is 11.7. The third-order valence-electron chi connectivity index (χ3n) is 2.70. The first kappa shape index (κ1) is 16.5. The van der Waals surface area contributed by atoms with E-state index in [1.807, 2.05) is 6.92 Å². The molecule has 0 saturated heterocycles. The summed E-state index contributed by atoms with van der Waals surface area (Å²) in [4.78, 5) is 10.7. The highest BCUT2D eigenvalue weighted by Crippen LogP contribution is 2.15. The molecular formula is C13H20N2O4S. The molecule has 0 aliphatic heterocycles. The van der Waals surface area contributed by atoms with Crippen molar-refractivity contribution in [3.8, 4) is 0 Å². The first-order chi connectivity index (χ1) is 9.35. The molecule has 1 unspecified atom stereocenters. The molecule has 1 atom stereocenters. The van der Waals surface area contributed by atoms with Crippen molar-refractivity contribution in [1.82, 2.24) is 4.72 Å². The van der Waals surface area contributed by atoms with E-state index in [9.17, 15) is 13.2 Å². The van der Waals surface area contributed by atoms with Gasteiger partial charge in [-0.05, 0) is 37.6 Å². The average molecular weight is 300 g/mol. The molecule has 0 aliphatic carbocycles. The number of nitrogens with one attached hydrogen (secondary N) is 2. The number of rotatable bonds is 8. The van der Waals surface area contributed by atoms with Crippen LogP contribution in [0.25, 0.3) is 0 Å². The molecule has 112 valence electrons. The van der Waals surface area contributed by atoms with Crippen LogP contribution in [0.1, 0.15) is 26.7 Å². The molecule has 0 spiro atoms. The van der Waals surface area contributed by atoms with Gasteiger partial charge in [-0.1, -0.05) is 6.92 Å². The van der Waals surface area contributed by atoms with Crippen molar-refractivity contribution in [2.75, 3.05) is 11.9 Å². The second-order valence-electron chi connectivity index (χ2n) is 4.50. The molecule has 1 rings (SSSR count). The number of carbonyl (C=O) groups is 1. The van der Waals surface area contributed by atoms with Gasteiger partial charge in [0.2, 0.25) is 10.0 Å². The van der Waals surface area contributed by atoms with Crippen molar-refractivity contribution < 1.29 is 18.3 Å². The molecule has 1 aromatic rings. The zero-order chi connectivity index (χ0) is 15.2. The number of carboxylic acid groups (broad SMARTS) is 1. The normalized spacial score (nSPS) is 12.9. The quantitative estimate of drug-likeness (QED) is 0.678. The van der Waals surface area contributed by atoms with Crippen LogP contribution in [0.15, 0.2) is 29.2 Å². The lowest BCUT2D eigenvalue weighted by molar-refractivity contribution is -0.137. The largest absolute Gasteiger partial charge is 0.481 e. The smallest absolute Gasteiger partial charge is 0.303 e. The molecule has 0 amide bonds. The van der Waals surface area contributed by atoms with Crippen molar-refractivity contribution in [3.05, 3.63) is 24.3 Å². The molecule has 20 heavy (non-hydrogen) atoms. The summed E-state index contributed by atoms with van der Waals surface area (Å²) in [6.45, 7) is 3.94. The molecule has 0 fully saturated rings. The second kappa shape index (κ2) is 7.25. The number of anilines is 1. The van der Waals surface area contributed by atoms with Crippen molar-refractivity contribution in [3.63, 3.8) is 0 Å². The van der Waals surface area contributed by atoms with Crippen LogP contribution < -0.4 is 10.0 Å². The summed E-state index contributed by atoms with van der Waals surface area (Å²) in [5, 5.41) is 11.7. The van der Waals surface area contributed by atoms with Gasteiger partial charge in [-0.25, -0.2) is 13.1 Å². The van der Waals surface area contributed by atoms with Gasteiger partial charge in [-0.2, -0.15) is 0 Å². The van der Waals surface area contributed by atoms with Crippen LogP contribution in [0.4, 0.5) is 5.69 Å².